The molecule has 128 valence electrons. The lowest BCUT2D eigenvalue weighted by atomic mass is 10.1. The Morgan fingerprint density at radius 3 is 2.48 bits per heavy atom. The smallest absolute Gasteiger partial charge is 0.410 e. The number of esters is 1. The van der Waals surface area contributed by atoms with Gasteiger partial charge in [-0.3, -0.25) is 0 Å². The van der Waals surface area contributed by atoms with Gasteiger partial charge in [0, 0.05) is 17.4 Å². The number of fused-ring (bicyclic) bond motifs is 1. The van der Waals surface area contributed by atoms with Crippen LogP contribution in [0.15, 0.2) is 42.5 Å². The molecule has 8 heteroatoms. The first-order valence-corrected chi connectivity index (χ1v) is 7.23. The molecule has 2 aromatic carbocycles. The Morgan fingerprint density at radius 2 is 1.84 bits per heavy atom. The first kappa shape index (κ1) is 16.6. The topological polar surface area (TPSA) is 77.3 Å². The third-order valence-corrected chi connectivity index (χ3v) is 3.77. The summed E-state index contributed by atoms with van der Waals surface area (Å²) in [5.74, 6) is -3.62. The van der Waals surface area contributed by atoms with Gasteiger partial charge in [-0.05, 0) is 5.56 Å². The zero-order valence-electron chi connectivity index (χ0n) is 13.0. The SMILES string of the molecule is COC(=O)c1c(Cc2ccccc2)n([O-])c2cc(F)c(F)cc2[n+]1=O. The van der Waals surface area contributed by atoms with E-state index in [1.807, 2.05) is 0 Å². The molecule has 0 atom stereocenters. The molecule has 0 radical (unpaired) electrons. The molecule has 3 aromatic rings. The van der Waals surface area contributed by atoms with Gasteiger partial charge in [-0.25, -0.2) is 13.6 Å². The van der Waals surface area contributed by atoms with Crippen LogP contribution in [0.4, 0.5) is 8.78 Å². The Bertz CT molecular complexity index is 1030. The number of aromatic nitrogens is 2. The zero-order chi connectivity index (χ0) is 18.1. The Kier molecular flexibility index (Phi) is 4.18. The lowest BCUT2D eigenvalue weighted by Gasteiger charge is -2.18. The van der Waals surface area contributed by atoms with E-state index in [9.17, 15) is 23.7 Å². The number of methoxy groups -OCH3 is 1. The van der Waals surface area contributed by atoms with Crippen molar-refractivity contribution in [3.63, 3.8) is 0 Å². The van der Waals surface area contributed by atoms with Gasteiger partial charge in [0.05, 0.1) is 17.6 Å². The van der Waals surface area contributed by atoms with Crippen molar-refractivity contribution < 1.29 is 22.7 Å². The average Bonchev–Trinajstić information content (AvgIpc) is 2.61. The van der Waals surface area contributed by atoms with Crippen molar-refractivity contribution in [2.45, 2.75) is 6.42 Å². The largest absolute Gasteiger partial charge is 0.805 e. The van der Waals surface area contributed by atoms with Crippen molar-refractivity contribution in [3.8, 4) is 0 Å². The van der Waals surface area contributed by atoms with Crippen LogP contribution in [-0.2, 0) is 11.2 Å². The molecule has 0 saturated carbocycles. The molecule has 0 bridgehead atoms. The summed E-state index contributed by atoms with van der Waals surface area (Å²) in [6.45, 7) is 0. The van der Waals surface area contributed by atoms with E-state index in [2.05, 4.69) is 4.74 Å². The van der Waals surface area contributed by atoms with Gasteiger partial charge < -0.3 is 14.7 Å². The van der Waals surface area contributed by atoms with Crippen molar-refractivity contribution >= 4 is 17.0 Å². The Balaban J connectivity index is 2.37. The van der Waals surface area contributed by atoms with E-state index in [1.54, 1.807) is 30.3 Å². The second-order valence-corrected chi connectivity index (χ2v) is 5.29. The maximum Gasteiger partial charge on any atom is 0.410 e. The van der Waals surface area contributed by atoms with Crippen molar-refractivity contribution in [3.05, 3.63) is 81.2 Å². The number of carbonyl (C=O) groups is 1. The minimum Gasteiger partial charge on any atom is -0.805 e. The van der Waals surface area contributed by atoms with E-state index < -0.39 is 28.8 Å². The van der Waals surface area contributed by atoms with Crippen molar-refractivity contribution in [1.29, 1.82) is 0 Å². The summed E-state index contributed by atoms with van der Waals surface area (Å²) < 4.78 is 31.9. The van der Waals surface area contributed by atoms with Crippen LogP contribution in [0.1, 0.15) is 21.7 Å². The number of rotatable bonds is 3. The summed E-state index contributed by atoms with van der Waals surface area (Å²) >= 11 is 0. The van der Waals surface area contributed by atoms with Crippen LogP contribution in [0, 0.1) is 21.7 Å². The molecule has 0 saturated heterocycles. The molecular weight excluding hydrogens is 334 g/mol. The lowest BCUT2D eigenvalue weighted by Crippen LogP contribution is -2.32. The fourth-order valence-electron chi connectivity index (χ4n) is 2.57. The van der Waals surface area contributed by atoms with Gasteiger partial charge in [0.15, 0.2) is 11.6 Å². The molecule has 0 aliphatic carbocycles. The average molecular weight is 346 g/mol. The highest BCUT2D eigenvalue weighted by Crippen LogP contribution is 2.21. The monoisotopic (exact) mass is 346 g/mol. The van der Waals surface area contributed by atoms with E-state index in [0.29, 0.717) is 17.7 Å². The summed E-state index contributed by atoms with van der Waals surface area (Å²) in [6.07, 6.45) is -0.0635. The molecule has 0 spiro atoms. The molecule has 1 heterocycles. The molecule has 0 aliphatic rings. The summed E-state index contributed by atoms with van der Waals surface area (Å²) in [5, 5.41) is 12.7. The van der Waals surface area contributed by atoms with Crippen LogP contribution in [0.2, 0.25) is 0 Å². The normalized spacial score (nSPS) is 10.8. The second-order valence-electron chi connectivity index (χ2n) is 5.29. The van der Waals surface area contributed by atoms with Crippen molar-refractivity contribution in [2.24, 2.45) is 0 Å². The number of hydrogen-bond acceptors (Lipinski definition) is 4. The predicted molar refractivity (Wildman–Crippen MR) is 84.6 cm³/mol. The molecular formula is C17H12F2N2O4. The summed E-state index contributed by atoms with van der Waals surface area (Å²) in [5.41, 5.74) is -0.982. The third kappa shape index (κ3) is 2.82. The number of carbonyl (C=O) groups excluding carboxylic acids is 1. The van der Waals surface area contributed by atoms with Gasteiger partial charge in [-0.15, -0.1) is 0 Å². The molecule has 0 aliphatic heterocycles. The highest BCUT2D eigenvalue weighted by atomic mass is 19.2. The Morgan fingerprint density at radius 1 is 1.20 bits per heavy atom. The Hall–Kier alpha value is -3.29. The minimum absolute atomic E-state index is 0.0635. The van der Waals surface area contributed by atoms with Gasteiger partial charge in [0.1, 0.15) is 11.2 Å². The molecule has 0 N–H and O–H groups in total. The van der Waals surface area contributed by atoms with Crippen LogP contribution in [-0.4, -0.2) is 17.8 Å². The fraction of sp³-hybridized carbons (Fsp3) is 0.118. The van der Waals surface area contributed by atoms with E-state index in [0.717, 1.165) is 7.11 Å². The quantitative estimate of drug-likeness (QED) is 0.539. The molecule has 0 unspecified atom stereocenters. The highest BCUT2D eigenvalue weighted by molar-refractivity contribution is 5.88. The number of ether oxygens (including phenoxy) is 1. The minimum atomic E-state index is -1.30. The number of hydrogen-bond donors (Lipinski definition) is 0. The van der Waals surface area contributed by atoms with Gasteiger partial charge in [-0.1, -0.05) is 30.3 Å². The van der Waals surface area contributed by atoms with Crippen molar-refractivity contribution in [1.82, 2.24) is 4.73 Å². The summed E-state index contributed by atoms with van der Waals surface area (Å²) in [6, 6.07) is 9.82. The van der Waals surface area contributed by atoms with Crippen LogP contribution in [0.25, 0.3) is 11.0 Å². The zero-order valence-corrected chi connectivity index (χ0v) is 13.0. The lowest BCUT2D eigenvalue weighted by molar-refractivity contribution is -0.469. The van der Waals surface area contributed by atoms with E-state index >= 15 is 0 Å². The number of nitrogens with zero attached hydrogens (tertiary/aromatic N) is 2. The van der Waals surface area contributed by atoms with Crippen LogP contribution < -0.4 is 4.43 Å². The van der Waals surface area contributed by atoms with E-state index in [1.165, 1.54) is 0 Å². The maximum atomic E-state index is 13.5. The molecule has 25 heavy (non-hydrogen) atoms. The van der Waals surface area contributed by atoms with Gasteiger partial charge in [-0.2, -0.15) is 0 Å². The molecule has 0 fully saturated rings. The van der Waals surface area contributed by atoms with Gasteiger partial charge in [0.25, 0.3) is 5.52 Å². The summed E-state index contributed by atoms with van der Waals surface area (Å²) in [4.78, 5) is 24.6. The van der Waals surface area contributed by atoms with Crippen molar-refractivity contribution in [2.75, 3.05) is 7.11 Å². The third-order valence-electron chi connectivity index (χ3n) is 3.77. The van der Waals surface area contributed by atoms with E-state index in [4.69, 9.17) is 0 Å². The van der Waals surface area contributed by atoms with Gasteiger partial charge in [0.2, 0.25) is 0 Å². The second kappa shape index (κ2) is 6.31. The maximum absolute atomic E-state index is 13.5. The van der Waals surface area contributed by atoms with E-state index in [-0.39, 0.29) is 26.8 Å². The fourth-order valence-corrected chi connectivity index (χ4v) is 2.57. The van der Waals surface area contributed by atoms with Crippen LogP contribution in [0.5, 0.6) is 0 Å². The predicted octanol–water partition coefficient (Wildman–Crippen LogP) is 2.56. The number of benzene rings is 2. The molecule has 0 amide bonds. The molecule has 6 nitrogen and oxygen atoms in total. The number of halogens is 2. The Labute approximate surface area is 140 Å². The highest BCUT2D eigenvalue weighted by Gasteiger charge is 2.31. The van der Waals surface area contributed by atoms with Crippen LogP contribution in [0.3, 0.4) is 0 Å². The first-order valence-electron chi connectivity index (χ1n) is 7.23. The molecule has 3 rings (SSSR count). The van der Waals surface area contributed by atoms with Gasteiger partial charge >= 0.3 is 11.7 Å². The molecule has 1 aromatic heterocycles. The first-order chi connectivity index (χ1) is 11.9. The standard InChI is InChI=1S/C17H12F2N2O4/c1-25-17(22)16-15(7-10-5-3-2-4-6-10)20(23)13-8-11(18)12(19)9-14(13)21(16)24/h2-6,8-9H,7H2,1H3. The summed E-state index contributed by atoms with van der Waals surface area (Å²) in [7, 11) is 1.05. The van der Waals surface area contributed by atoms with Crippen LogP contribution >= 0.6 is 0 Å².